The van der Waals surface area contributed by atoms with E-state index < -0.39 is 0 Å². The number of nitriles is 1. The van der Waals surface area contributed by atoms with E-state index in [4.69, 9.17) is 5.26 Å². The number of hydrogen-bond acceptors (Lipinski definition) is 6. The van der Waals surface area contributed by atoms with E-state index in [2.05, 4.69) is 26.3 Å². The molecule has 8 heteroatoms. The predicted octanol–water partition coefficient (Wildman–Crippen LogP) is 1.10. The third kappa shape index (κ3) is 2.21. The van der Waals surface area contributed by atoms with Crippen LogP contribution < -0.4 is 4.90 Å². The van der Waals surface area contributed by atoms with Gasteiger partial charge in [-0.2, -0.15) is 9.78 Å². The Morgan fingerprint density at radius 1 is 1.19 bits per heavy atom. The number of piperidine rings is 1. The van der Waals surface area contributed by atoms with Gasteiger partial charge < -0.3 is 9.80 Å². The van der Waals surface area contributed by atoms with E-state index in [1.54, 1.807) is 35.1 Å². The maximum absolute atomic E-state index is 12.9. The van der Waals surface area contributed by atoms with Crippen molar-refractivity contribution in [3.05, 3.63) is 53.9 Å². The highest BCUT2D eigenvalue weighted by atomic mass is 16.2. The summed E-state index contributed by atoms with van der Waals surface area (Å²) in [6, 6.07) is 13.2. The maximum atomic E-state index is 12.9. The fraction of sp³-hybridized carbons (Fsp3) is 0.278. The molecule has 1 aromatic carbocycles. The fourth-order valence-corrected chi connectivity index (χ4v) is 3.89. The van der Waals surface area contributed by atoms with E-state index in [0.29, 0.717) is 16.8 Å². The molecule has 3 saturated heterocycles. The Labute approximate surface area is 149 Å². The van der Waals surface area contributed by atoms with Crippen LogP contribution >= 0.6 is 0 Å². The van der Waals surface area contributed by atoms with Crippen molar-refractivity contribution >= 4 is 17.4 Å². The molecule has 3 aliphatic heterocycles. The van der Waals surface area contributed by atoms with E-state index in [1.165, 1.54) is 0 Å². The van der Waals surface area contributed by atoms with Crippen LogP contribution in [0.25, 0.3) is 5.65 Å². The van der Waals surface area contributed by atoms with Crippen LogP contribution in [0.5, 0.6) is 0 Å². The summed E-state index contributed by atoms with van der Waals surface area (Å²) in [7, 11) is 0. The summed E-state index contributed by atoms with van der Waals surface area (Å²) in [5.41, 5.74) is 1.80. The van der Waals surface area contributed by atoms with Gasteiger partial charge in [0, 0.05) is 18.7 Å². The molecule has 2 bridgehead atoms. The number of piperazine rings is 1. The lowest BCUT2D eigenvalue weighted by Gasteiger charge is -2.56. The minimum Gasteiger partial charge on any atom is -0.351 e. The third-order valence-electron chi connectivity index (χ3n) is 5.14. The van der Waals surface area contributed by atoms with Crippen LogP contribution in [-0.2, 0) is 0 Å². The monoisotopic (exact) mass is 345 g/mol. The first-order valence-electron chi connectivity index (χ1n) is 8.48. The zero-order chi connectivity index (χ0) is 17.7. The Hall–Kier alpha value is -3.47. The summed E-state index contributed by atoms with van der Waals surface area (Å²) in [4.78, 5) is 17.0. The molecule has 3 fully saturated rings. The Morgan fingerprint density at radius 3 is 2.85 bits per heavy atom. The van der Waals surface area contributed by atoms with Crippen LogP contribution in [-0.4, -0.2) is 55.8 Å². The van der Waals surface area contributed by atoms with Crippen LogP contribution in [0.4, 0.5) is 5.82 Å². The number of fused-ring (bicyclic) bond motifs is 3. The molecule has 2 aromatic heterocycles. The van der Waals surface area contributed by atoms with E-state index >= 15 is 0 Å². The molecule has 0 spiro atoms. The van der Waals surface area contributed by atoms with Gasteiger partial charge in [-0.05, 0) is 36.8 Å². The largest absolute Gasteiger partial charge is 0.351 e. The van der Waals surface area contributed by atoms with Gasteiger partial charge in [0.15, 0.2) is 5.65 Å². The first kappa shape index (κ1) is 14.8. The van der Waals surface area contributed by atoms with Crippen molar-refractivity contribution in [2.24, 2.45) is 0 Å². The molecule has 0 aliphatic carbocycles. The Balaban J connectivity index is 1.35. The van der Waals surface area contributed by atoms with Crippen LogP contribution in [0.1, 0.15) is 22.3 Å². The first-order chi connectivity index (χ1) is 12.7. The summed E-state index contributed by atoms with van der Waals surface area (Å²) in [5.74, 6) is 0.871. The minimum atomic E-state index is 0.00483. The summed E-state index contributed by atoms with van der Waals surface area (Å²) in [6.07, 6.45) is 2.59. The van der Waals surface area contributed by atoms with E-state index in [-0.39, 0.29) is 18.0 Å². The number of aromatic nitrogens is 4. The van der Waals surface area contributed by atoms with Gasteiger partial charge in [-0.3, -0.25) is 4.79 Å². The smallest absolute Gasteiger partial charge is 0.254 e. The molecule has 3 aromatic rings. The summed E-state index contributed by atoms with van der Waals surface area (Å²) in [5, 5.41) is 21.4. The highest BCUT2D eigenvalue weighted by Gasteiger charge is 2.47. The number of carbonyl (C=O) groups excluding carboxylic acids is 1. The van der Waals surface area contributed by atoms with Crippen molar-refractivity contribution in [1.82, 2.24) is 24.7 Å². The highest BCUT2D eigenvalue weighted by Crippen LogP contribution is 2.35. The standard InChI is InChI=1S/C18H15N7O/c19-8-12-2-1-3-13(6-12)18(26)25-14-7-15(25)10-23(9-14)17-5-4-16-21-20-11-24(16)22-17/h1-6,11,14-15H,7,9-10H2. The number of nitrogens with zero attached hydrogens (tertiary/aromatic N) is 7. The van der Waals surface area contributed by atoms with Crippen molar-refractivity contribution in [2.45, 2.75) is 18.5 Å². The zero-order valence-electron chi connectivity index (χ0n) is 13.9. The topological polar surface area (TPSA) is 90.4 Å². The average molecular weight is 345 g/mol. The number of rotatable bonds is 2. The number of carbonyl (C=O) groups is 1. The lowest BCUT2D eigenvalue weighted by molar-refractivity contribution is 0.00572. The number of benzene rings is 1. The van der Waals surface area contributed by atoms with Crippen molar-refractivity contribution in [2.75, 3.05) is 18.0 Å². The molecule has 0 N–H and O–H groups in total. The lowest BCUT2D eigenvalue weighted by Crippen LogP contribution is -2.70. The van der Waals surface area contributed by atoms with Crippen molar-refractivity contribution < 1.29 is 4.79 Å². The van der Waals surface area contributed by atoms with E-state index in [9.17, 15) is 4.79 Å². The van der Waals surface area contributed by atoms with Crippen LogP contribution in [0.15, 0.2) is 42.7 Å². The molecule has 0 saturated carbocycles. The Kier molecular flexibility index (Phi) is 3.15. The van der Waals surface area contributed by atoms with Gasteiger partial charge in [0.05, 0.1) is 23.7 Å². The van der Waals surface area contributed by atoms with Crippen molar-refractivity contribution in [3.8, 4) is 6.07 Å². The van der Waals surface area contributed by atoms with Gasteiger partial charge in [-0.15, -0.1) is 15.3 Å². The van der Waals surface area contributed by atoms with Crippen molar-refractivity contribution in [1.29, 1.82) is 5.26 Å². The SMILES string of the molecule is N#Cc1cccc(C(=O)N2C3CC2CN(c2ccc4nncn4n2)C3)c1. The van der Waals surface area contributed by atoms with E-state index in [0.717, 1.165) is 25.3 Å². The van der Waals surface area contributed by atoms with Gasteiger partial charge in [0.2, 0.25) is 0 Å². The fourth-order valence-electron chi connectivity index (χ4n) is 3.89. The molecule has 3 aliphatic rings. The normalized spacial score (nSPS) is 21.3. The summed E-state index contributed by atoms with van der Waals surface area (Å²) in [6.45, 7) is 1.50. The molecule has 8 nitrogen and oxygen atoms in total. The molecule has 0 radical (unpaired) electrons. The molecule has 1 amide bonds. The van der Waals surface area contributed by atoms with Gasteiger partial charge >= 0.3 is 0 Å². The highest BCUT2D eigenvalue weighted by molar-refractivity contribution is 5.95. The molecular weight excluding hydrogens is 330 g/mol. The van der Waals surface area contributed by atoms with Crippen molar-refractivity contribution in [3.63, 3.8) is 0 Å². The van der Waals surface area contributed by atoms with Crippen LogP contribution in [0.3, 0.4) is 0 Å². The number of amides is 1. The summed E-state index contributed by atoms with van der Waals surface area (Å²) < 4.78 is 1.66. The third-order valence-corrected chi connectivity index (χ3v) is 5.14. The Morgan fingerprint density at radius 2 is 2.04 bits per heavy atom. The molecule has 2 atom stereocenters. The van der Waals surface area contributed by atoms with Crippen LogP contribution in [0.2, 0.25) is 0 Å². The van der Waals surface area contributed by atoms with Gasteiger partial charge in [-0.25, -0.2) is 0 Å². The van der Waals surface area contributed by atoms with Gasteiger partial charge in [0.1, 0.15) is 12.1 Å². The molecule has 6 rings (SSSR count). The zero-order valence-corrected chi connectivity index (χ0v) is 13.9. The van der Waals surface area contributed by atoms with Gasteiger partial charge in [-0.1, -0.05) is 6.07 Å². The van der Waals surface area contributed by atoms with E-state index in [1.807, 2.05) is 17.0 Å². The average Bonchev–Trinajstić information content (AvgIpc) is 3.15. The van der Waals surface area contributed by atoms with Crippen LogP contribution in [0, 0.1) is 11.3 Å². The molecule has 5 heterocycles. The quantitative estimate of drug-likeness (QED) is 0.691. The number of anilines is 1. The van der Waals surface area contributed by atoms with Gasteiger partial charge in [0.25, 0.3) is 5.91 Å². The molecule has 128 valence electrons. The summed E-state index contributed by atoms with van der Waals surface area (Å²) >= 11 is 0. The first-order valence-corrected chi connectivity index (χ1v) is 8.48. The molecule has 2 unspecified atom stereocenters. The second-order valence-corrected chi connectivity index (χ2v) is 6.68. The minimum absolute atomic E-state index is 0.00483. The molecule has 26 heavy (non-hydrogen) atoms. The second-order valence-electron chi connectivity index (χ2n) is 6.68. The Bertz CT molecular complexity index is 1040. The second kappa shape index (κ2) is 5.52. The molecular formula is C18H15N7O. The maximum Gasteiger partial charge on any atom is 0.254 e. The number of hydrogen-bond donors (Lipinski definition) is 0. The predicted molar refractivity (Wildman–Crippen MR) is 92.5 cm³/mol. The lowest BCUT2D eigenvalue weighted by atomic mass is 9.86.